The van der Waals surface area contributed by atoms with Crippen molar-refractivity contribution in [3.8, 4) is 0 Å². The third kappa shape index (κ3) is 3.32. The molecule has 0 atom stereocenters. The number of rotatable bonds is 2. The molecule has 0 fully saturated rings. The third-order valence-electron chi connectivity index (χ3n) is 0.976. The maximum absolute atomic E-state index is 10.8. The fourth-order valence-corrected chi connectivity index (χ4v) is 0.523. The van der Waals surface area contributed by atoms with Crippen molar-refractivity contribution in [2.24, 2.45) is 10.3 Å². The predicted octanol–water partition coefficient (Wildman–Crippen LogP) is -0.233. The summed E-state index contributed by atoms with van der Waals surface area (Å²) in [7, 11) is 0. The van der Waals surface area contributed by atoms with Crippen LogP contribution in [0.1, 0.15) is 6.92 Å². The van der Waals surface area contributed by atoms with Crippen LogP contribution in [0.4, 0.5) is 0 Å². The van der Waals surface area contributed by atoms with Gasteiger partial charge >= 0.3 is 0 Å². The number of hydrogen-bond donors (Lipinski definition) is 3. The Labute approximate surface area is 77.5 Å². The van der Waals surface area contributed by atoms with Crippen molar-refractivity contribution >= 4 is 23.4 Å². The molecule has 0 aliphatic carbocycles. The highest BCUT2D eigenvalue weighted by Crippen LogP contribution is 1.85. The molecule has 9 heteroatoms. The number of carbonyl (C=O) groups excluding carboxylic acids is 2. The lowest BCUT2D eigenvalue weighted by molar-refractivity contribution is -0.117. The standard InChI is InChI=1S/C5H6N6O3/c1-2(12)8-4(6)3(10-14)5(13)9-11-7/h14H,1H3,(H2,6,8,12). The molecule has 0 aromatic heterocycles. The van der Waals surface area contributed by atoms with Gasteiger partial charge < -0.3 is 10.5 Å². The average Bonchev–Trinajstić information content (AvgIpc) is 2.04. The first-order valence-electron chi connectivity index (χ1n) is 3.21. The average molecular weight is 198 g/mol. The van der Waals surface area contributed by atoms with Gasteiger partial charge in [0.05, 0.1) is 0 Å². The van der Waals surface area contributed by atoms with E-state index in [0.29, 0.717) is 0 Å². The SMILES string of the molecule is CC(=O)NC(=N)C(=NO)C(=O)N=[N+]=[N-]. The Morgan fingerprint density at radius 1 is 1.57 bits per heavy atom. The molecule has 74 valence electrons. The zero-order valence-electron chi connectivity index (χ0n) is 7.05. The molecular weight excluding hydrogens is 192 g/mol. The van der Waals surface area contributed by atoms with Gasteiger partial charge in [0.25, 0.3) is 5.91 Å². The van der Waals surface area contributed by atoms with E-state index in [4.69, 9.17) is 16.1 Å². The van der Waals surface area contributed by atoms with E-state index in [9.17, 15) is 9.59 Å². The molecule has 0 bridgehead atoms. The van der Waals surface area contributed by atoms with Crippen LogP contribution in [0.3, 0.4) is 0 Å². The van der Waals surface area contributed by atoms with Gasteiger partial charge in [-0.3, -0.25) is 15.0 Å². The molecule has 0 aromatic carbocycles. The summed E-state index contributed by atoms with van der Waals surface area (Å²) in [6.45, 7) is 1.10. The smallest absolute Gasteiger partial charge is 0.274 e. The molecule has 14 heavy (non-hydrogen) atoms. The number of hydrogen-bond acceptors (Lipinski definition) is 5. The van der Waals surface area contributed by atoms with Gasteiger partial charge in [0.2, 0.25) is 5.91 Å². The lowest BCUT2D eigenvalue weighted by atomic mass is 10.3. The molecule has 0 aliphatic heterocycles. The Bertz CT molecular complexity index is 352. The highest BCUT2D eigenvalue weighted by atomic mass is 16.4. The van der Waals surface area contributed by atoms with Gasteiger partial charge in [-0.25, -0.2) is 0 Å². The van der Waals surface area contributed by atoms with Crippen LogP contribution in [-0.4, -0.2) is 28.6 Å². The molecule has 0 radical (unpaired) electrons. The van der Waals surface area contributed by atoms with Gasteiger partial charge in [-0.05, 0) is 10.6 Å². The highest BCUT2D eigenvalue weighted by molar-refractivity contribution is 6.66. The summed E-state index contributed by atoms with van der Waals surface area (Å²) in [4.78, 5) is 23.4. The lowest BCUT2D eigenvalue weighted by Crippen LogP contribution is -2.37. The minimum Gasteiger partial charge on any atom is -0.410 e. The van der Waals surface area contributed by atoms with Crippen LogP contribution in [0, 0.1) is 5.41 Å². The normalized spacial score (nSPS) is 9.93. The second-order valence-electron chi connectivity index (χ2n) is 2.00. The van der Waals surface area contributed by atoms with Gasteiger partial charge in [0, 0.05) is 11.8 Å². The topological polar surface area (TPSA) is 151 Å². The van der Waals surface area contributed by atoms with Crippen LogP contribution < -0.4 is 5.32 Å². The van der Waals surface area contributed by atoms with Crippen molar-refractivity contribution in [3.05, 3.63) is 10.4 Å². The minimum absolute atomic E-state index is 0.620. The monoisotopic (exact) mass is 198 g/mol. The van der Waals surface area contributed by atoms with E-state index >= 15 is 0 Å². The summed E-state index contributed by atoms with van der Waals surface area (Å²) in [6, 6.07) is 0. The zero-order valence-corrected chi connectivity index (χ0v) is 7.05. The first-order chi connectivity index (χ1) is 6.52. The maximum atomic E-state index is 10.8. The van der Waals surface area contributed by atoms with E-state index in [1.165, 1.54) is 0 Å². The van der Waals surface area contributed by atoms with E-state index in [0.717, 1.165) is 6.92 Å². The van der Waals surface area contributed by atoms with Crippen molar-refractivity contribution in [2.75, 3.05) is 0 Å². The number of nitrogens with zero attached hydrogens (tertiary/aromatic N) is 4. The summed E-state index contributed by atoms with van der Waals surface area (Å²) >= 11 is 0. The van der Waals surface area contributed by atoms with Gasteiger partial charge in [0.15, 0.2) is 11.5 Å². The second-order valence-corrected chi connectivity index (χ2v) is 2.00. The number of amidine groups is 1. The Balaban J connectivity index is 4.75. The van der Waals surface area contributed by atoms with Crippen LogP contribution in [0.5, 0.6) is 0 Å². The van der Waals surface area contributed by atoms with Crippen LogP contribution >= 0.6 is 0 Å². The minimum atomic E-state index is -1.26. The van der Waals surface area contributed by atoms with Gasteiger partial charge in [-0.15, -0.1) is 0 Å². The summed E-state index contributed by atoms with van der Waals surface area (Å²) in [5.74, 6) is -2.61. The largest absolute Gasteiger partial charge is 0.410 e. The molecule has 0 unspecified atom stereocenters. The Hall–Kier alpha value is -2.41. The van der Waals surface area contributed by atoms with Gasteiger partial charge in [-0.1, -0.05) is 5.16 Å². The molecule has 0 aromatic rings. The quantitative estimate of drug-likeness (QED) is 0.107. The van der Waals surface area contributed by atoms with Crippen molar-refractivity contribution in [2.45, 2.75) is 6.92 Å². The molecule has 0 rings (SSSR count). The number of oxime groups is 1. The van der Waals surface area contributed by atoms with Crippen LogP contribution in [0.2, 0.25) is 0 Å². The molecule has 0 aliphatic rings. The molecule has 2 amide bonds. The van der Waals surface area contributed by atoms with Crippen molar-refractivity contribution in [1.82, 2.24) is 5.32 Å². The number of carbonyl (C=O) groups is 2. The summed E-state index contributed by atoms with van der Waals surface area (Å²) in [5.41, 5.74) is 7.05. The molecule has 9 nitrogen and oxygen atoms in total. The van der Waals surface area contributed by atoms with E-state index in [1.807, 2.05) is 5.32 Å². The number of azide groups is 1. The Kier molecular flexibility index (Phi) is 4.37. The van der Waals surface area contributed by atoms with E-state index in [1.54, 1.807) is 0 Å². The van der Waals surface area contributed by atoms with Crippen molar-refractivity contribution in [3.63, 3.8) is 0 Å². The van der Waals surface area contributed by atoms with Crippen LogP contribution in [-0.2, 0) is 9.59 Å². The molecule has 0 saturated carbocycles. The van der Waals surface area contributed by atoms with E-state index in [2.05, 4.69) is 15.2 Å². The van der Waals surface area contributed by atoms with Gasteiger partial charge in [0.1, 0.15) is 0 Å². The summed E-state index contributed by atoms with van der Waals surface area (Å²) in [6.07, 6.45) is 0. The summed E-state index contributed by atoms with van der Waals surface area (Å²) in [5, 5.41) is 22.2. The zero-order chi connectivity index (χ0) is 11.1. The third-order valence-corrected chi connectivity index (χ3v) is 0.976. The van der Waals surface area contributed by atoms with E-state index < -0.39 is 23.4 Å². The molecule has 0 saturated heterocycles. The Morgan fingerprint density at radius 2 is 2.14 bits per heavy atom. The fourth-order valence-electron chi connectivity index (χ4n) is 0.523. The van der Waals surface area contributed by atoms with E-state index in [-0.39, 0.29) is 0 Å². The van der Waals surface area contributed by atoms with Crippen LogP contribution in [0.15, 0.2) is 10.3 Å². The lowest BCUT2D eigenvalue weighted by Gasteiger charge is -2.01. The molecular formula is C5H6N6O3. The predicted molar refractivity (Wildman–Crippen MR) is 44.9 cm³/mol. The Morgan fingerprint density at radius 3 is 2.50 bits per heavy atom. The first-order valence-corrected chi connectivity index (χ1v) is 3.21. The fraction of sp³-hybridized carbons (Fsp3) is 0.200. The van der Waals surface area contributed by atoms with Crippen molar-refractivity contribution in [1.29, 1.82) is 5.41 Å². The van der Waals surface area contributed by atoms with Crippen LogP contribution in [0.25, 0.3) is 10.4 Å². The van der Waals surface area contributed by atoms with Crippen molar-refractivity contribution < 1.29 is 14.8 Å². The molecule has 3 N–H and O–H groups in total. The second kappa shape index (κ2) is 5.27. The number of amides is 2. The molecule has 0 heterocycles. The first kappa shape index (κ1) is 11.6. The molecule has 0 spiro atoms. The highest BCUT2D eigenvalue weighted by Gasteiger charge is 2.17. The van der Waals surface area contributed by atoms with Gasteiger partial charge in [-0.2, -0.15) is 0 Å². The maximum Gasteiger partial charge on any atom is 0.274 e. The number of nitrogens with one attached hydrogen (secondary N) is 2. The summed E-state index contributed by atoms with van der Waals surface area (Å²) < 4.78 is 0.